The van der Waals surface area contributed by atoms with Crippen molar-refractivity contribution in [3.63, 3.8) is 0 Å². The summed E-state index contributed by atoms with van der Waals surface area (Å²) in [6, 6.07) is 12.8. The fourth-order valence-corrected chi connectivity index (χ4v) is 4.98. The van der Waals surface area contributed by atoms with Crippen molar-refractivity contribution < 1.29 is 0 Å². The first-order valence-corrected chi connectivity index (χ1v) is 13.1. The molecule has 1 atom stereocenters. The standard InChI is InChI=1S/C26H38N6S/c1-21-11-10-18-32(20-21)24-19-23(31-16-7-2-3-8-17-31)28-25(29-24)30-26(33)27-15-9-14-22-12-5-4-6-13-22/h4-6,12-13,19,21H,2-3,7-11,14-18,20H2,1H3,(H2,27,28,29,30,33)/t21-/m1/s1. The van der Waals surface area contributed by atoms with Gasteiger partial charge in [-0.1, -0.05) is 50.1 Å². The van der Waals surface area contributed by atoms with Gasteiger partial charge in [-0.15, -0.1) is 0 Å². The molecule has 178 valence electrons. The van der Waals surface area contributed by atoms with Crippen molar-refractivity contribution in [3.05, 3.63) is 42.0 Å². The van der Waals surface area contributed by atoms with E-state index in [4.69, 9.17) is 22.2 Å². The second-order valence-corrected chi connectivity index (χ2v) is 9.88. The molecule has 0 radical (unpaired) electrons. The quantitative estimate of drug-likeness (QED) is 0.439. The summed E-state index contributed by atoms with van der Waals surface area (Å²) in [4.78, 5) is 14.6. The molecule has 2 aliphatic heterocycles. The zero-order valence-corrected chi connectivity index (χ0v) is 20.7. The van der Waals surface area contributed by atoms with Crippen LogP contribution in [0.2, 0.25) is 0 Å². The number of anilines is 3. The monoisotopic (exact) mass is 466 g/mol. The Bertz CT molecular complexity index is 861. The summed E-state index contributed by atoms with van der Waals surface area (Å²) in [5, 5.41) is 7.19. The average Bonchev–Trinajstić information content (AvgIpc) is 3.12. The van der Waals surface area contributed by atoms with Crippen molar-refractivity contribution in [1.82, 2.24) is 15.3 Å². The number of rotatable bonds is 7. The first kappa shape index (κ1) is 23.7. The van der Waals surface area contributed by atoms with Gasteiger partial charge in [0.2, 0.25) is 5.95 Å². The number of hydrogen-bond acceptors (Lipinski definition) is 5. The molecular formula is C26H38N6S. The molecule has 4 rings (SSSR count). The Labute approximate surface area is 204 Å². The van der Waals surface area contributed by atoms with Crippen molar-refractivity contribution in [2.75, 3.05) is 47.8 Å². The molecule has 1 aromatic carbocycles. The lowest BCUT2D eigenvalue weighted by Gasteiger charge is -2.33. The molecule has 0 aliphatic carbocycles. The minimum absolute atomic E-state index is 0.592. The number of aromatic nitrogens is 2. The molecule has 0 saturated carbocycles. The number of nitrogens with one attached hydrogen (secondary N) is 2. The summed E-state index contributed by atoms with van der Waals surface area (Å²) < 4.78 is 0. The van der Waals surface area contributed by atoms with Crippen LogP contribution in [0.1, 0.15) is 57.4 Å². The van der Waals surface area contributed by atoms with E-state index in [2.05, 4.69) is 63.8 Å². The first-order valence-electron chi connectivity index (χ1n) is 12.6. The molecule has 2 saturated heterocycles. The zero-order valence-electron chi connectivity index (χ0n) is 19.9. The third-order valence-corrected chi connectivity index (χ3v) is 6.85. The minimum Gasteiger partial charge on any atom is -0.362 e. The predicted molar refractivity (Wildman–Crippen MR) is 142 cm³/mol. The fraction of sp³-hybridized carbons (Fsp3) is 0.577. The van der Waals surface area contributed by atoms with E-state index in [1.807, 2.05) is 0 Å². The Kier molecular flexibility index (Phi) is 8.75. The summed E-state index contributed by atoms with van der Waals surface area (Å²) >= 11 is 5.58. The third kappa shape index (κ3) is 7.29. The molecule has 2 aromatic rings. The van der Waals surface area contributed by atoms with Crippen LogP contribution < -0.4 is 20.4 Å². The summed E-state index contributed by atoms with van der Waals surface area (Å²) in [5.41, 5.74) is 1.35. The maximum Gasteiger partial charge on any atom is 0.232 e. The number of nitrogens with zero attached hydrogens (tertiary/aromatic N) is 4. The number of piperidine rings is 1. The van der Waals surface area contributed by atoms with Crippen molar-refractivity contribution in [1.29, 1.82) is 0 Å². The van der Waals surface area contributed by atoms with E-state index >= 15 is 0 Å². The van der Waals surface area contributed by atoms with Crippen LogP contribution in [0.25, 0.3) is 0 Å². The van der Waals surface area contributed by atoms with Crippen LogP contribution in [0.15, 0.2) is 36.4 Å². The molecular weight excluding hydrogens is 428 g/mol. The number of hydrogen-bond donors (Lipinski definition) is 2. The van der Waals surface area contributed by atoms with Crippen molar-refractivity contribution >= 4 is 34.9 Å². The van der Waals surface area contributed by atoms with E-state index < -0.39 is 0 Å². The van der Waals surface area contributed by atoms with Crippen molar-refractivity contribution in [2.24, 2.45) is 5.92 Å². The van der Waals surface area contributed by atoms with Gasteiger partial charge in [0.25, 0.3) is 0 Å². The van der Waals surface area contributed by atoms with Gasteiger partial charge < -0.3 is 20.4 Å². The lowest BCUT2D eigenvalue weighted by Crippen LogP contribution is -2.36. The average molecular weight is 467 g/mol. The largest absolute Gasteiger partial charge is 0.362 e. The number of aryl methyl sites for hydroxylation is 1. The smallest absolute Gasteiger partial charge is 0.232 e. The molecule has 2 fully saturated rings. The normalized spacial score (nSPS) is 19.1. The van der Waals surface area contributed by atoms with Gasteiger partial charge >= 0.3 is 0 Å². The second-order valence-electron chi connectivity index (χ2n) is 9.47. The van der Waals surface area contributed by atoms with E-state index in [9.17, 15) is 0 Å². The lowest BCUT2D eigenvalue weighted by molar-refractivity contribution is 0.444. The highest BCUT2D eigenvalue weighted by Crippen LogP contribution is 2.27. The van der Waals surface area contributed by atoms with Gasteiger partial charge in [0.15, 0.2) is 5.11 Å². The minimum atomic E-state index is 0.592. The molecule has 0 spiro atoms. The topological polar surface area (TPSA) is 56.3 Å². The molecule has 1 aromatic heterocycles. The zero-order chi connectivity index (χ0) is 22.9. The van der Waals surface area contributed by atoms with Crippen LogP contribution in [0.4, 0.5) is 17.6 Å². The van der Waals surface area contributed by atoms with Crippen LogP contribution >= 0.6 is 12.2 Å². The number of benzene rings is 1. The summed E-state index contributed by atoms with van der Waals surface area (Å²) in [5.74, 6) is 3.34. The van der Waals surface area contributed by atoms with Gasteiger partial charge in [0.1, 0.15) is 11.6 Å². The van der Waals surface area contributed by atoms with Gasteiger partial charge in [0.05, 0.1) is 0 Å². The highest BCUT2D eigenvalue weighted by molar-refractivity contribution is 7.80. The molecule has 0 unspecified atom stereocenters. The van der Waals surface area contributed by atoms with Gasteiger partial charge in [-0.2, -0.15) is 9.97 Å². The highest BCUT2D eigenvalue weighted by Gasteiger charge is 2.21. The van der Waals surface area contributed by atoms with Crippen LogP contribution in [0, 0.1) is 5.92 Å². The van der Waals surface area contributed by atoms with Crippen LogP contribution in [-0.4, -0.2) is 47.8 Å². The number of thiocarbonyl (C=S) groups is 1. The lowest BCUT2D eigenvalue weighted by atomic mass is 10.0. The Morgan fingerprint density at radius 1 is 0.970 bits per heavy atom. The molecule has 33 heavy (non-hydrogen) atoms. The van der Waals surface area contributed by atoms with Crippen LogP contribution in [-0.2, 0) is 6.42 Å². The molecule has 2 N–H and O–H groups in total. The van der Waals surface area contributed by atoms with E-state index in [-0.39, 0.29) is 0 Å². The van der Waals surface area contributed by atoms with E-state index in [0.717, 1.165) is 57.2 Å². The Balaban J connectivity index is 1.41. The Hall–Kier alpha value is -2.41. The molecule has 0 amide bonds. The SMILES string of the molecule is C[C@@H]1CCCN(c2cc(N3CCCCCC3)nc(NC(=S)NCCCc3ccccc3)n2)C1. The summed E-state index contributed by atoms with van der Waals surface area (Å²) in [7, 11) is 0. The van der Waals surface area contributed by atoms with Crippen molar-refractivity contribution in [2.45, 2.75) is 58.3 Å². The Morgan fingerprint density at radius 3 is 2.39 bits per heavy atom. The Morgan fingerprint density at radius 2 is 1.67 bits per heavy atom. The maximum absolute atomic E-state index is 5.58. The molecule has 0 bridgehead atoms. The van der Waals surface area contributed by atoms with E-state index in [0.29, 0.717) is 17.0 Å². The van der Waals surface area contributed by atoms with E-state index in [1.165, 1.54) is 44.1 Å². The second kappa shape index (κ2) is 12.2. The van der Waals surface area contributed by atoms with E-state index in [1.54, 1.807) is 0 Å². The summed E-state index contributed by atoms with van der Waals surface area (Å²) in [6.07, 6.45) is 9.64. The van der Waals surface area contributed by atoms with Gasteiger partial charge in [0, 0.05) is 38.8 Å². The molecule has 2 aliphatic rings. The van der Waals surface area contributed by atoms with Crippen LogP contribution in [0.5, 0.6) is 0 Å². The maximum atomic E-state index is 5.58. The first-order chi connectivity index (χ1) is 16.2. The van der Waals surface area contributed by atoms with Crippen LogP contribution in [0.3, 0.4) is 0 Å². The molecule has 6 nitrogen and oxygen atoms in total. The fourth-order valence-electron chi connectivity index (χ4n) is 4.78. The summed E-state index contributed by atoms with van der Waals surface area (Å²) in [6.45, 7) is 7.39. The third-order valence-electron chi connectivity index (χ3n) is 6.61. The predicted octanol–water partition coefficient (Wildman–Crippen LogP) is 5.01. The van der Waals surface area contributed by atoms with Crippen molar-refractivity contribution in [3.8, 4) is 0 Å². The highest BCUT2D eigenvalue weighted by atomic mass is 32.1. The van der Waals surface area contributed by atoms with Gasteiger partial charge in [-0.25, -0.2) is 0 Å². The van der Waals surface area contributed by atoms with Gasteiger partial charge in [-0.3, -0.25) is 0 Å². The van der Waals surface area contributed by atoms with Gasteiger partial charge in [-0.05, 0) is 62.2 Å². The molecule has 7 heteroatoms. The molecule has 3 heterocycles.